The molecule has 6 nitrogen and oxygen atoms in total. The van der Waals surface area contributed by atoms with Gasteiger partial charge in [0.15, 0.2) is 6.23 Å². The van der Waals surface area contributed by atoms with E-state index in [2.05, 4.69) is 10.5 Å². The van der Waals surface area contributed by atoms with Crippen LogP contribution < -0.4 is 10.2 Å². The smallest absolute Gasteiger partial charge is 0.243 e. The molecule has 0 aliphatic carbocycles. The summed E-state index contributed by atoms with van der Waals surface area (Å²) in [4.78, 5) is 15.5. The van der Waals surface area contributed by atoms with Crippen molar-refractivity contribution < 1.29 is 14.4 Å². The average molecular weight is 418 g/mol. The lowest BCUT2D eigenvalue weighted by atomic mass is 10.1. The number of amides is 1. The van der Waals surface area contributed by atoms with Crippen LogP contribution in [0.25, 0.3) is 0 Å². The van der Waals surface area contributed by atoms with Gasteiger partial charge in [0.05, 0.1) is 16.1 Å². The molecule has 1 aromatic carbocycles. The first-order valence-electron chi connectivity index (χ1n) is 9.00. The van der Waals surface area contributed by atoms with Crippen LogP contribution in [0.4, 0.5) is 5.69 Å². The van der Waals surface area contributed by atoms with Gasteiger partial charge in [0.1, 0.15) is 11.5 Å². The van der Waals surface area contributed by atoms with Crippen molar-refractivity contribution in [3.05, 3.63) is 68.7 Å². The molecule has 2 N–H and O–H groups in total. The zero-order valence-electron chi connectivity index (χ0n) is 15.3. The van der Waals surface area contributed by atoms with Gasteiger partial charge in [-0.05, 0) is 24.5 Å². The molecule has 0 saturated heterocycles. The number of halogens is 1. The highest BCUT2D eigenvalue weighted by molar-refractivity contribution is 7.16. The summed E-state index contributed by atoms with van der Waals surface area (Å²) in [5.41, 5.74) is 2.30. The summed E-state index contributed by atoms with van der Waals surface area (Å²) in [6, 6.07) is 12.9. The number of aliphatic hydroxyl groups excluding tert-OH is 1. The van der Waals surface area contributed by atoms with Crippen LogP contribution in [0, 0.1) is 0 Å². The number of aryl methyl sites for hydroxylation is 1. The molecule has 1 amide bonds. The number of thiophene rings is 1. The van der Waals surface area contributed by atoms with E-state index in [1.165, 1.54) is 11.3 Å². The number of nitrogens with zero attached hydrogens (tertiary/aromatic N) is 2. The Morgan fingerprint density at radius 3 is 2.96 bits per heavy atom. The first-order valence-corrected chi connectivity index (χ1v) is 10.2. The molecule has 1 aliphatic rings. The number of fused-ring (bicyclic) bond motifs is 1. The summed E-state index contributed by atoms with van der Waals surface area (Å²) in [6.07, 6.45) is 0.784. The normalized spacial score (nSPS) is 18.0. The second-order valence-corrected chi connectivity index (χ2v) is 8.57. The predicted octanol–water partition coefficient (Wildman–Crippen LogP) is 3.54. The number of aromatic nitrogens is 1. The number of likely N-dealkylation sites (N-methyl/N-ethyl adjacent to an activating group) is 1. The summed E-state index contributed by atoms with van der Waals surface area (Å²) in [7, 11) is 1.73. The molecule has 0 fully saturated rings. The number of hydrogen-bond donors (Lipinski definition) is 2. The van der Waals surface area contributed by atoms with Crippen molar-refractivity contribution in [2.24, 2.45) is 0 Å². The second-order valence-electron chi connectivity index (χ2n) is 6.80. The number of carbonyl (C=O) groups is 1. The van der Waals surface area contributed by atoms with E-state index in [1.54, 1.807) is 18.0 Å². The van der Waals surface area contributed by atoms with Crippen LogP contribution in [-0.4, -0.2) is 29.3 Å². The number of nitrogens with one attached hydrogen (secondary N) is 1. The van der Waals surface area contributed by atoms with Gasteiger partial charge in [-0.1, -0.05) is 47.1 Å². The third kappa shape index (κ3) is 3.98. The van der Waals surface area contributed by atoms with Gasteiger partial charge >= 0.3 is 0 Å². The van der Waals surface area contributed by atoms with E-state index in [-0.39, 0.29) is 5.91 Å². The Morgan fingerprint density at radius 2 is 2.18 bits per heavy atom. The van der Waals surface area contributed by atoms with Crippen LogP contribution in [0.2, 0.25) is 4.34 Å². The molecule has 0 radical (unpaired) electrons. The third-order valence-corrected chi connectivity index (χ3v) is 6.16. The molecule has 0 bridgehead atoms. The molecule has 0 saturated carbocycles. The van der Waals surface area contributed by atoms with E-state index in [0.717, 1.165) is 16.1 Å². The minimum Gasteiger partial charge on any atom is -0.372 e. The van der Waals surface area contributed by atoms with Crippen molar-refractivity contribution in [1.82, 2.24) is 10.5 Å². The molecule has 1 unspecified atom stereocenters. The molecule has 2 atom stereocenters. The van der Waals surface area contributed by atoms with Crippen LogP contribution in [0.15, 0.2) is 47.0 Å². The lowest BCUT2D eigenvalue weighted by molar-refractivity contribution is -0.121. The summed E-state index contributed by atoms with van der Waals surface area (Å²) >= 11 is 7.57. The van der Waals surface area contributed by atoms with Crippen LogP contribution in [0.5, 0.6) is 0 Å². The van der Waals surface area contributed by atoms with E-state index >= 15 is 0 Å². The van der Waals surface area contributed by atoms with Crippen LogP contribution in [-0.2, 0) is 17.6 Å². The number of anilines is 1. The molecular formula is C20H20ClN3O3S. The van der Waals surface area contributed by atoms with Crippen molar-refractivity contribution in [3.63, 3.8) is 0 Å². The van der Waals surface area contributed by atoms with Crippen molar-refractivity contribution in [3.8, 4) is 0 Å². The van der Waals surface area contributed by atoms with Gasteiger partial charge in [-0.2, -0.15) is 0 Å². The maximum Gasteiger partial charge on any atom is 0.243 e. The monoisotopic (exact) mass is 417 g/mol. The third-order valence-electron chi connectivity index (χ3n) is 4.84. The summed E-state index contributed by atoms with van der Waals surface area (Å²) in [5.74, 6) is 0.545. The Bertz CT molecular complexity index is 972. The zero-order chi connectivity index (χ0) is 19.7. The maximum absolute atomic E-state index is 12.8. The van der Waals surface area contributed by atoms with Gasteiger partial charge in [0.25, 0.3) is 0 Å². The van der Waals surface area contributed by atoms with E-state index < -0.39 is 12.3 Å². The first kappa shape index (κ1) is 19.1. The topological polar surface area (TPSA) is 78.6 Å². The molecule has 146 valence electrons. The molecule has 8 heteroatoms. The summed E-state index contributed by atoms with van der Waals surface area (Å²) in [6.45, 7) is 0. The first-order chi connectivity index (χ1) is 13.5. The second kappa shape index (κ2) is 8.05. The minimum atomic E-state index is -1.09. The Kier molecular flexibility index (Phi) is 5.50. The molecule has 4 rings (SSSR count). The van der Waals surface area contributed by atoms with Crippen LogP contribution in [0.3, 0.4) is 0 Å². The fourth-order valence-electron chi connectivity index (χ4n) is 3.37. The number of aliphatic hydroxyl groups is 1. The Hall–Kier alpha value is -2.19. The molecule has 1 aliphatic heterocycles. The molecular weight excluding hydrogens is 398 g/mol. The van der Waals surface area contributed by atoms with Crippen molar-refractivity contribution in [1.29, 1.82) is 0 Å². The quantitative estimate of drug-likeness (QED) is 0.621. The standard InChI is InChI=1S/C20H20ClN3O3S/c1-24-16-11-18(21)28-17(16)8-7-14(20(24)26)22-19(25)15-10-13(27-23-15)9-12-5-3-2-4-6-12/h2-6,10-11,14,19,22,25H,7-9H2,1H3/t14-,19?/m1/s1. The molecule has 0 spiro atoms. The van der Waals surface area contributed by atoms with Gasteiger partial charge in [-0.25, -0.2) is 0 Å². The Labute approximate surface area is 171 Å². The highest BCUT2D eigenvalue weighted by Gasteiger charge is 2.31. The lowest BCUT2D eigenvalue weighted by Gasteiger charge is -2.23. The molecule has 28 heavy (non-hydrogen) atoms. The predicted molar refractivity (Wildman–Crippen MR) is 109 cm³/mol. The fraction of sp³-hybridized carbons (Fsp3) is 0.300. The van der Waals surface area contributed by atoms with Gasteiger partial charge < -0.3 is 14.5 Å². The number of rotatable bonds is 5. The number of benzene rings is 1. The number of carbonyl (C=O) groups excluding carboxylic acids is 1. The SMILES string of the molecule is CN1C(=O)[C@H](NC(O)c2cc(Cc3ccccc3)on2)CCc2sc(Cl)cc21. The van der Waals surface area contributed by atoms with Crippen molar-refractivity contribution in [2.75, 3.05) is 11.9 Å². The number of hydrogen-bond acceptors (Lipinski definition) is 6. The van der Waals surface area contributed by atoms with E-state index in [0.29, 0.717) is 35.1 Å². The van der Waals surface area contributed by atoms with Gasteiger partial charge in [-0.3, -0.25) is 10.1 Å². The molecule has 2 aromatic heterocycles. The maximum atomic E-state index is 12.8. The summed E-state index contributed by atoms with van der Waals surface area (Å²) in [5, 5.41) is 17.5. The lowest BCUT2D eigenvalue weighted by Crippen LogP contribution is -2.45. The fourth-order valence-corrected chi connectivity index (χ4v) is 4.68. The van der Waals surface area contributed by atoms with Gasteiger partial charge in [-0.15, -0.1) is 11.3 Å². The highest BCUT2D eigenvalue weighted by Crippen LogP contribution is 2.36. The Morgan fingerprint density at radius 1 is 1.39 bits per heavy atom. The van der Waals surface area contributed by atoms with E-state index in [1.807, 2.05) is 36.4 Å². The molecule has 3 aromatic rings. The largest absolute Gasteiger partial charge is 0.372 e. The minimum absolute atomic E-state index is 0.111. The van der Waals surface area contributed by atoms with Gasteiger partial charge in [0.2, 0.25) is 5.91 Å². The van der Waals surface area contributed by atoms with E-state index in [9.17, 15) is 9.90 Å². The Balaban J connectivity index is 1.43. The average Bonchev–Trinajstić information content (AvgIpc) is 3.28. The van der Waals surface area contributed by atoms with Crippen molar-refractivity contribution in [2.45, 2.75) is 31.5 Å². The summed E-state index contributed by atoms with van der Waals surface area (Å²) < 4.78 is 6.02. The zero-order valence-corrected chi connectivity index (χ0v) is 16.8. The van der Waals surface area contributed by atoms with Crippen LogP contribution in [0.1, 0.15) is 34.5 Å². The van der Waals surface area contributed by atoms with E-state index in [4.69, 9.17) is 16.1 Å². The van der Waals surface area contributed by atoms with Gasteiger partial charge in [0, 0.05) is 24.4 Å². The molecule has 3 heterocycles. The van der Waals surface area contributed by atoms with Crippen LogP contribution >= 0.6 is 22.9 Å². The van der Waals surface area contributed by atoms with Crippen molar-refractivity contribution >= 4 is 34.5 Å². The highest BCUT2D eigenvalue weighted by atomic mass is 35.5.